The third-order valence-corrected chi connectivity index (χ3v) is 7.18. The minimum absolute atomic E-state index is 0.104. The van der Waals surface area contributed by atoms with Crippen LogP contribution in [0.5, 0.6) is 5.75 Å². The first-order valence-electron chi connectivity index (χ1n) is 9.63. The topological polar surface area (TPSA) is 107 Å². The number of esters is 1. The molecule has 1 aromatic carbocycles. The van der Waals surface area contributed by atoms with Gasteiger partial charge in [-0.3, -0.25) is 9.59 Å². The van der Waals surface area contributed by atoms with E-state index in [-0.39, 0.29) is 13.2 Å². The van der Waals surface area contributed by atoms with Crippen molar-refractivity contribution in [3.05, 3.63) is 23.0 Å². The summed E-state index contributed by atoms with van der Waals surface area (Å²) in [5, 5.41) is 0. The molecule has 0 N–H and O–H groups in total. The van der Waals surface area contributed by atoms with Crippen LogP contribution in [0.15, 0.2) is 23.2 Å². The van der Waals surface area contributed by atoms with Crippen molar-refractivity contribution in [1.82, 2.24) is 8.87 Å². The predicted octanol–water partition coefficient (Wildman–Crippen LogP) is 1.52. The summed E-state index contributed by atoms with van der Waals surface area (Å²) in [5.41, 5.74) is 0.712. The van der Waals surface area contributed by atoms with Crippen molar-refractivity contribution in [3.8, 4) is 5.75 Å². The second kappa shape index (κ2) is 9.27. The summed E-state index contributed by atoms with van der Waals surface area (Å²) in [5.74, 6) is -0.339. The molecule has 11 heteroatoms. The van der Waals surface area contributed by atoms with Crippen molar-refractivity contribution < 1.29 is 27.5 Å². The Morgan fingerprint density at radius 2 is 2.07 bits per heavy atom. The summed E-state index contributed by atoms with van der Waals surface area (Å²) < 4.78 is 38.1. The number of nitrogens with zero attached hydrogens (tertiary/aromatic N) is 3. The number of amides is 1. The zero-order valence-electron chi connectivity index (χ0n) is 17.2. The molecule has 0 bridgehead atoms. The molecular formula is C19H25N3O6S2. The van der Waals surface area contributed by atoms with E-state index in [0.717, 1.165) is 17.4 Å². The first-order valence-corrected chi connectivity index (χ1v) is 12.3. The summed E-state index contributed by atoms with van der Waals surface area (Å²) in [4.78, 5) is 29.6. The van der Waals surface area contributed by atoms with E-state index >= 15 is 0 Å². The number of fused-ring (bicyclic) bond motifs is 1. The standard InChI is InChI=1S/C19H25N3O6S2/c1-4-28-17(23)12-21-14-9-8-13(27-2)11-16(14)29-19(21)20-18(24)15-7-5-6-10-22(15)30(3,25)26/h8-9,11,15H,4-7,10,12H2,1-3H3. The second-order valence-corrected chi connectivity index (χ2v) is 9.89. The summed E-state index contributed by atoms with van der Waals surface area (Å²) in [6.07, 6.45) is 2.99. The zero-order valence-corrected chi connectivity index (χ0v) is 18.8. The first-order chi connectivity index (χ1) is 14.2. The number of piperidine rings is 1. The van der Waals surface area contributed by atoms with Crippen molar-refractivity contribution in [1.29, 1.82) is 0 Å². The van der Waals surface area contributed by atoms with Crippen molar-refractivity contribution in [2.45, 2.75) is 38.8 Å². The van der Waals surface area contributed by atoms with Gasteiger partial charge in [0, 0.05) is 6.54 Å². The lowest BCUT2D eigenvalue weighted by Crippen LogP contribution is -2.47. The fourth-order valence-corrected chi connectivity index (χ4v) is 5.65. The van der Waals surface area contributed by atoms with Gasteiger partial charge in [0.15, 0.2) is 4.80 Å². The number of aromatic nitrogens is 1. The number of hydrogen-bond donors (Lipinski definition) is 0. The maximum atomic E-state index is 13.0. The quantitative estimate of drug-likeness (QED) is 0.611. The van der Waals surface area contributed by atoms with Crippen LogP contribution >= 0.6 is 11.3 Å². The molecule has 1 atom stereocenters. The van der Waals surface area contributed by atoms with Gasteiger partial charge < -0.3 is 14.0 Å². The largest absolute Gasteiger partial charge is 0.497 e. The molecule has 1 aliphatic heterocycles. The van der Waals surface area contributed by atoms with Gasteiger partial charge in [-0.2, -0.15) is 9.30 Å². The van der Waals surface area contributed by atoms with Crippen LogP contribution < -0.4 is 9.54 Å². The fraction of sp³-hybridized carbons (Fsp3) is 0.526. The second-order valence-electron chi connectivity index (χ2n) is 6.94. The molecular weight excluding hydrogens is 430 g/mol. The molecule has 2 aromatic rings. The Morgan fingerprint density at radius 3 is 2.73 bits per heavy atom. The Morgan fingerprint density at radius 1 is 1.30 bits per heavy atom. The predicted molar refractivity (Wildman–Crippen MR) is 113 cm³/mol. The third-order valence-electron chi connectivity index (χ3n) is 4.85. The van der Waals surface area contributed by atoms with Crippen molar-refractivity contribution >= 4 is 43.5 Å². The molecule has 1 unspecified atom stereocenters. The van der Waals surface area contributed by atoms with Gasteiger partial charge in [-0.15, -0.1) is 0 Å². The average molecular weight is 456 g/mol. The van der Waals surface area contributed by atoms with Gasteiger partial charge in [0.2, 0.25) is 10.0 Å². The molecule has 0 saturated carbocycles. The Kier molecular flexibility index (Phi) is 6.94. The number of benzene rings is 1. The number of hydrogen-bond acceptors (Lipinski definition) is 7. The van der Waals surface area contributed by atoms with E-state index in [9.17, 15) is 18.0 Å². The SMILES string of the molecule is CCOC(=O)Cn1c(=NC(=O)C2CCCCN2S(C)(=O)=O)sc2cc(OC)ccc21. The van der Waals surface area contributed by atoms with Crippen molar-refractivity contribution in [3.63, 3.8) is 0 Å². The smallest absolute Gasteiger partial charge is 0.326 e. The Hall–Kier alpha value is -2.24. The van der Waals surface area contributed by atoms with Gasteiger partial charge in [-0.05, 0) is 38.0 Å². The molecule has 3 rings (SSSR count). The van der Waals surface area contributed by atoms with E-state index in [4.69, 9.17) is 9.47 Å². The normalized spacial score (nSPS) is 18.5. The van der Waals surface area contributed by atoms with E-state index in [0.29, 0.717) is 35.5 Å². The molecule has 164 valence electrons. The summed E-state index contributed by atoms with van der Waals surface area (Å²) in [6, 6.07) is 4.52. The number of thiazole rings is 1. The van der Waals surface area contributed by atoms with Gasteiger partial charge >= 0.3 is 5.97 Å². The van der Waals surface area contributed by atoms with E-state index in [1.807, 2.05) is 0 Å². The Balaban J connectivity index is 2.07. The number of carbonyl (C=O) groups is 2. The van der Waals surface area contributed by atoms with Crippen LogP contribution in [0.2, 0.25) is 0 Å². The zero-order chi connectivity index (χ0) is 21.9. The van der Waals surface area contributed by atoms with Crippen LogP contribution in [0.4, 0.5) is 0 Å². The summed E-state index contributed by atoms with van der Waals surface area (Å²) in [7, 11) is -1.97. The molecule has 1 fully saturated rings. The maximum Gasteiger partial charge on any atom is 0.326 e. The molecule has 1 saturated heterocycles. The van der Waals surface area contributed by atoms with E-state index < -0.39 is 27.9 Å². The number of methoxy groups -OCH3 is 1. The van der Waals surface area contributed by atoms with Gasteiger partial charge in [0.25, 0.3) is 5.91 Å². The highest BCUT2D eigenvalue weighted by Gasteiger charge is 2.34. The highest BCUT2D eigenvalue weighted by atomic mass is 32.2. The van der Waals surface area contributed by atoms with Crippen LogP contribution in [-0.4, -0.2) is 61.7 Å². The molecule has 0 aliphatic carbocycles. The first kappa shape index (κ1) is 22.4. The number of ether oxygens (including phenoxy) is 2. The van der Waals surface area contributed by atoms with Gasteiger partial charge in [-0.1, -0.05) is 17.8 Å². The molecule has 9 nitrogen and oxygen atoms in total. The number of carbonyl (C=O) groups excluding carboxylic acids is 2. The Labute approximate surface area is 179 Å². The highest BCUT2D eigenvalue weighted by molar-refractivity contribution is 7.88. The molecule has 2 heterocycles. The molecule has 30 heavy (non-hydrogen) atoms. The van der Waals surface area contributed by atoms with Gasteiger partial charge in [-0.25, -0.2) is 8.42 Å². The average Bonchev–Trinajstić information content (AvgIpc) is 3.03. The lowest BCUT2D eigenvalue weighted by atomic mass is 10.0. The molecule has 1 aliphatic rings. The maximum absolute atomic E-state index is 13.0. The van der Waals surface area contributed by atoms with Crippen LogP contribution in [0.3, 0.4) is 0 Å². The number of sulfonamides is 1. The number of rotatable bonds is 6. The summed E-state index contributed by atoms with van der Waals surface area (Å²) >= 11 is 1.23. The van der Waals surface area contributed by atoms with E-state index in [1.54, 1.807) is 36.8 Å². The lowest BCUT2D eigenvalue weighted by Gasteiger charge is -2.31. The van der Waals surface area contributed by atoms with Crippen LogP contribution in [-0.2, 0) is 30.9 Å². The monoisotopic (exact) mass is 455 g/mol. The third kappa shape index (κ3) is 4.90. The van der Waals surface area contributed by atoms with Crippen molar-refractivity contribution in [2.24, 2.45) is 4.99 Å². The molecule has 0 spiro atoms. The van der Waals surface area contributed by atoms with E-state index in [2.05, 4.69) is 4.99 Å². The van der Waals surface area contributed by atoms with Crippen LogP contribution in [0.1, 0.15) is 26.2 Å². The highest BCUT2D eigenvalue weighted by Crippen LogP contribution is 2.24. The van der Waals surface area contributed by atoms with Crippen LogP contribution in [0, 0.1) is 0 Å². The van der Waals surface area contributed by atoms with Gasteiger partial charge in [0.1, 0.15) is 18.3 Å². The molecule has 0 radical (unpaired) electrons. The van der Waals surface area contributed by atoms with E-state index in [1.165, 1.54) is 15.6 Å². The minimum atomic E-state index is -3.52. The van der Waals surface area contributed by atoms with Crippen molar-refractivity contribution in [2.75, 3.05) is 26.5 Å². The Bertz CT molecular complexity index is 1120. The fourth-order valence-electron chi connectivity index (χ4n) is 3.47. The molecule has 1 aromatic heterocycles. The van der Waals surface area contributed by atoms with Gasteiger partial charge in [0.05, 0.1) is 30.2 Å². The lowest BCUT2D eigenvalue weighted by molar-refractivity contribution is -0.143. The van der Waals surface area contributed by atoms with Crippen LogP contribution in [0.25, 0.3) is 10.2 Å². The molecule has 1 amide bonds. The summed E-state index contributed by atoms with van der Waals surface area (Å²) in [6.45, 7) is 2.16. The minimum Gasteiger partial charge on any atom is -0.497 e.